The molecule has 0 saturated heterocycles. The maximum atomic E-state index is 12.4. The molecule has 26 heavy (non-hydrogen) atoms. The number of benzene rings is 2. The smallest absolute Gasteiger partial charge is 0.240 e. The summed E-state index contributed by atoms with van der Waals surface area (Å²) >= 11 is 1.43. The van der Waals surface area contributed by atoms with Gasteiger partial charge in [0.25, 0.3) is 0 Å². The molecule has 0 radical (unpaired) electrons. The average Bonchev–Trinajstić information content (AvgIpc) is 3.07. The average molecular weight is 390 g/mol. The van der Waals surface area contributed by atoms with Crippen molar-refractivity contribution >= 4 is 37.5 Å². The van der Waals surface area contributed by atoms with E-state index in [2.05, 4.69) is 21.3 Å². The predicted molar refractivity (Wildman–Crippen MR) is 108 cm³/mol. The molecule has 3 rings (SSSR count). The first-order valence-corrected chi connectivity index (χ1v) is 11.0. The third-order valence-electron chi connectivity index (χ3n) is 4.14. The summed E-state index contributed by atoms with van der Waals surface area (Å²) in [4.78, 5) is 0.303. The summed E-state index contributed by atoms with van der Waals surface area (Å²) in [5.74, 6) is 0.796. The Hall–Kier alpha value is -1.96. The fraction of sp³-hybridized carbons (Fsp3) is 0.316. The van der Waals surface area contributed by atoms with Gasteiger partial charge < -0.3 is 5.32 Å². The van der Waals surface area contributed by atoms with Gasteiger partial charge in [-0.3, -0.25) is 0 Å². The van der Waals surface area contributed by atoms with Gasteiger partial charge in [0.05, 0.1) is 9.60 Å². The lowest BCUT2D eigenvalue weighted by molar-refractivity contribution is 0.583. The number of aromatic nitrogens is 1. The molecule has 0 spiro atoms. The highest BCUT2D eigenvalue weighted by Gasteiger charge is 2.13. The van der Waals surface area contributed by atoms with E-state index in [1.807, 2.05) is 36.4 Å². The molecule has 138 valence electrons. The first-order valence-electron chi connectivity index (χ1n) is 8.77. The Morgan fingerprint density at radius 1 is 1.04 bits per heavy atom. The Labute approximate surface area is 158 Å². The Kier molecular flexibility index (Phi) is 6.24. The van der Waals surface area contributed by atoms with E-state index in [1.54, 1.807) is 12.1 Å². The summed E-state index contributed by atoms with van der Waals surface area (Å²) in [6, 6.07) is 15.1. The molecule has 7 heteroatoms. The van der Waals surface area contributed by atoms with Gasteiger partial charge in [0.2, 0.25) is 10.0 Å². The number of fused-ring (bicyclic) bond motifs is 1. The van der Waals surface area contributed by atoms with Gasteiger partial charge in [0.1, 0.15) is 5.82 Å². The van der Waals surface area contributed by atoms with Crippen molar-refractivity contribution in [3.05, 3.63) is 54.1 Å². The van der Waals surface area contributed by atoms with E-state index >= 15 is 0 Å². The largest absolute Gasteiger partial charge is 0.367 e. The fourth-order valence-corrected chi connectivity index (χ4v) is 4.47. The second-order valence-corrected chi connectivity index (χ2v) is 8.67. The standard InChI is InChI=1S/C19H23N3O2S2/c1-2-3-6-15-9-11-16(12-10-15)26(23,24)21-14-13-20-19-17-7-4-5-8-18(17)25-22-19/h4-5,7-12,21H,2-3,6,13-14H2,1H3,(H,20,22). The second kappa shape index (κ2) is 8.62. The SMILES string of the molecule is CCCCc1ccc(S(=O)(=O)NCCNc2nsc3ccccc23)cc1. The van der Waals surface area contributed by atoms with Crippen LogP contribution in [0.1, 0.15) is 25.3 Å². The van der Waals surface area contributed by atoms with Crippen molar-refractivity contribution < 1.29 is 8.42 Å². The van der Waals surface area contributed by atoms with Gasteiger partial charge >= 0.3 is 0 Å². The third-order valence-corrected chi connectivity index (χ3v) is 6.44. The first-order chi connectivity index (χ1) is 12.6. The predicted octanol–water partition coefficient (Wildman–Crippen LogP) is 4.03. The van der Waals surface area contributed by atoms with E-state index in [9.17, 15) is 8.42 Å². The summed E-state index contributed by atoms with van der Waals surface area (Å²) in [7, 11) is -3.49. The van der Waals surface area contributed by atoms with E-state index in [0.29, 0.717) is 18.0 Å². The number of anilines is 1. The minimum atomic E-state index is -3.49. The third kappa shape index (κ3) is 4.60. The molecule has 0 atom stereocenters. The van der Waals surface area contributed by atoms with Crippen LogP contribution in [0.2, 0.25) is 0 Å². The molecule has 0 aliphatic carbocycles. The van der Waals surface area contributed by atoms with Crippen LogP contribution in [0, 0.1) is 0 Å². The second-order valence-electron chi connectivity index (χ2n) is 6.10. The summed E-state index contributed by atoms with van der Waals surface area (Å²) in [6.45, 7) is 2.92. The summed E-state index contributed by atoms with van der Waals surface area (Å²) in [5.41, 5.74) is 1.17. The molecule has 0 aliphatic heterocycles. The van der Waals surface area contributed by atoms with E-state index in [0.717, 1.165) is 35.2 Å². The molecular formula is C19H23N3O2S2. The van der Waals surface area contributed by atoms with Crippen molar-refractivity contribution in [1.82, 2.24) is 9.10 Å². The zero-order valence-corrected chi connectivity index (χ0v) is 16.4. The molecule has 0 amide bonds. The lowest BCUT2D eigenvalue weighted by Crippen LogP contribution is -2.29. The van der Waals surface area contributed by atoms with Crippen molar-refractivity contribution in [2.24, 2.45) is 0 Å². The minimum absolute atomic E-state index is 0.297. The fourth-order valence-electron chi connectivity index (χ4n) is 2.68. The van der Waals surface area contributed by atoms with Crippen molar-refractivity contribution in [2.75, 3.05) is 18.4 Å². The lowest BCUT2D eigenvalue weighted by Gasteiger charge is -2.08. The zero-order chi connectivity index (χ0) is 18.4. The van der Waals surface area contributed by atoms with Crippen molar-refractivity contribution in [2.45, 2.75) is 31.1 Å². The Morgan fingerprint density at radius 2 is 1.81 bits per heavy atom. The lowest BCUT2D eigenvalue weighted by atomic mass is 10.1. The van der Waals surface area contributed by atoms with E-state index < -0.39 is 10.0 Å². The van der Waals surface area contributed by atoms with Crippen LogP contribution in [0.3, 0.4) is 0 Å². The molecule has 1 heterocycles. The highest BCUT2D eigenvalue weighted by Crippen LogP contribution is 2.25. The molecule has 0 fully saturated rings. The molecule has 0 saturated carbocycles. The van der Waals surface area contributed by atoms with Crippen LogP contribution in [0.4, 0.5) is 5.82 Å². The topological polar surface area (TPSA) is 71.1 Å². The van der Waals surface area contributed by atoms with Crippen LogP contribution in [0.25, 0.3) is 10.1 Å². The number of nitrogens with one attached hydrogen (secondary N) is 2. The summed E-state index contributed by atoms with van der Waals surface area (Å²) < 4.78 is 32.9. The molecule has 5 nitrogen and oxygen atoms in total. The van der Waals surface area contributed by atoms with Crippen LogP contribution >= 0.6 is 11.5 Å². The monoisotopic (exact) mass is 389 g/mol. The van der Waals surface area contributed by atoms with Crippen LogP contribution in [0.15, 0.2) is 53.4 Å². The maximum Gasteiger partial charge on any atom is 0.240 e. The van der Waals surface area contributed by atoms with Crippen LogP contribution in [-0.4, -0.2) is 25.9 Å². The Morgan fingerprint density at radius 3 is 2.58 bits per heavy atom. The molecular weight excluding hydrogens is 366 g/mol. The highest BCUT2D eigenvalue weighted by atomic mass is 32.2. The molecule has 2 aromatic carbocycles. The van der Waals surface area contributed by atoms with Crippen molar-refractivity contribution in [1.29, 1.82) is 0 Å². The van der Waals surface area contributed by atoms with Crippen LogP contribution < -0.4 is 10.0 Å². The van der Waals surface area contributed by atoms with Crippen molar-refractivity contribution in [3.63, 3.8) is 0 Å². The normalized spacial score (nSPS) is 11.7. The number of hydrogen-bond donors (Lipinski definition) is 2. The zero-order valence-electron chi connectivity index (χ0n) is 14.7. The summed E-state index contributed by atoms with van der Waals surface area (Å²) in [6.07, 6.45) is 3.22. The quantitative estimate of drug-likeness (QED) is 0.542. The Balaban J connectivity index is 1.53. The van der Waals surface area contributed by atoms with E-state index in [4.69, 9.17) is 0 Å². The van der Waals surface area contributed by atoms with Gasteiger partial charge in [-0.05, 0) is 54.2 Å². The van der Waals surface area contributed by atoms with E-state index in [1.165, 1.54) is 17.1 Å². The van der Waals surface area contributed by atoms with Gasteiger partial charge in [-0.25, -0.2) is 13.1 Å². The maximum absolute atomic E-state index is 12.4. The van der Waals surface area contributed by atoms with E-state index in [-0.39, 0.29) is 0 Å². The number of nitrogens with zero attached hydrogens (tertiary/aromatic N) is 1. The van der Waals surface area contributed by atoms with Crippen molar-refractivity contribution in [3.8, 4) is 0 Å². The molecule has 3 aromatic rings. The molecule has 2 N–H and O–H groups in total. The van der Waals surface area contributed by atoms with Gasteiger partial charge in [0.15, 0.2) is 0 Å². The number of unbranched alkanes of at least 4 members (excludes halogenated alkanes) is 1. The molecule has 1 aromatic heterocycles. The van der Waals surface area contributed by atoms with Gasteiger partial charge in [0, 0.05) is 18.5 Å². The summed E-state index contributed by atoms with van der Waals surface area (Å²) in [5, 5.41) is 4.25. The van der Waals surface area contributed by atoms with Gasteiger partial charge in [-0.15, -0.1) is 0 Å². The van der Waals surface area contributed by atoms with Crippen LogP contribution in [0.5, 0.6) is 0 Å². The Bertz CT molecular complexity index is 950. The van der Waals surface area contributed by atoms with Gasteiger partial charge in [-0.2, -0.15) is 4.37 Å². The number of rotatable bonds is 9. The van der Waals surface area contributed by atoms with Gasteiger partial charge in [-0.1, -0.05) is 37.6 Å². The minimum Gasteiger partial charge on any atom is -0.367 e. The molecule has 0 unspecified atom stereocenters. The number of hydrogen-bond acceptors (Lipinski definition) is 5. The molecule has 0 aliphatic rings. The molecule has 0 bridgehead atoms. The number of aryl methyl sites for hydroxylation is 1. The van der Waals surface area contributed by atoms with Crippen LogP contribution in [-0.2, 0) is 16.4 Å². The first kappa shape index (κ1) is 18.8. The number of sulfonamides is 1. The highest BCUT2D eigenvalue weighted by molar-refractivity contribution is 7.89.